The lowest BCUT2D eigenvalue weighted by Crippen LogP contribution is -2.30. The van der Waals surface area contributed by atoms with Crippen molar-refractivity contribution in [3.8, 4) is 23.3 Å². The summed E-state index contributed by atoms with van der Waals surface area (Å²) in [4.78, 5) is 26.3. The quantitative estimate of drug-likeness (QED) is 0.373. The van der Waals surface area contributed by atoms with Crippen molar-refractivity contribution in [1.29, 1.82) is 0 Å². The summed E-state index contributed by atoms with van der Waals surface area (Å²) in [5, 5.41) is 19.5. The zero-order valence-corrected chi connectivity index (χ0v) is 20.9. The molecule has 0 heterocycles. The summed E-state index contributed by atoms with van der Waals surface area (Å²) in [6, 6.07) is 19.5. The first-order valence-electron chi connectivity index (χ1n) is 12.5. The number of rotatable bonds is 8. The van der Waals surface area contributed by atoms with Crippen molar-refractivity contribution in [2.75, 3.05) is 12.0 Å². The van der Waals surface area contributed by atoms with E-state index < -0.39 is 5.97 Å². The molecule has 3 aromatic rings. The molecule has 1 fully saturated rings. The Morgan fingerprint density at radius 3 is 2.14 bits per heavy atom. The van der Waals surface area contributed by atoms with E-state index in [4.69, 9.17) is 4.74 Å². The topological polar surface area (TPSA) is 87.1 Å². The monoisotopic (exact) mass is 497 g/mol. The Morgan fingerprint density at radius 2 is 1.57 bits per heavy atom. The molecule has 190 valence electrons. The lowest BCUT2D eigenvalue weighted by Gasteiger charge is -2.24. The second kappa shape index (κ2) is 12.1. The fourth-order valence-electron chi connectivity index (χ4n) is 4.65. The molecule has 37 heavy (non-hydrogen) atoms. The van der Waals surface area contributed by atoms with E-state index in [-0.39, 0.29) is 17.2 Å². The number of phenols is 1. The number of hydrogen-bond acceptors (Lipinski definition) is 4. The molecule has 0 atom stereocenters. The number of carbonyl (C=O) groups is 2. The van der Waals surface area contributed by atoms with E-state index in [1.807, 2.05) is 48.5 Å². The Morgan fingerprint density at radius 1 is 0.946 bits per heavy atom. The van der Waals surface area contributed by atoms with E-state index in [0.29, 0.717) is 24.6 Å². The second-order valence-electron chi connectivity index (χ2n) is 9.35. The first-order valence-corrected chi connectivity index (χ1v) is 12.5. The average molecular weight is 498 g/mol. The molecule has 4 rings (SSSR count). The molecular formula is C31H31NO5. The standard InChI is InChI=1S/C31H31NO5/c1-37-27-16-12-24(13-17-27)7-6-23-8-10-25(11-9-23)21-32(30(34)19-14-22-4-2-3-5-22)26-15-18-28(31(35)36)29(33)20-26/h8-13,15-18,20,22,33H,2-5,14,19,21H2,1H3,(H,35,36). The van der Waals surface area contributed by atoms with Gasteiger partial charge in [-0.1, -0.05) is 49.7 Å². The van der Waals surface area contributed by atoms with Crippen LogP contribution in [0.15, 0.2) is 66.7 Å². The van der Waals surface area contributed by atoms with Crippen LogP contribution in [0.3, 0.4) is 0 Å². The Kier molecular flexibility index (Phi) is 8.48. The van der Waals surface area contributed by atoms with E-state index in [0.717, 1.165) is 28.9 Å². The summed E-state index contributed by atoms with van der Waals surface area (Å²) in [5.41, 5.74) is 2.92. The number of carboxylic acids is 1. The molecule has 0 aromatic heterocycles. The minimum Gasteiger partial charge on any atom is -0.507 e. The van der Waals surface area contributed by atoms with Gasteiger partial charge in [0.1, 0.15) is 17.1 Å². The Bertz CT molecular complexity index is 1300. The molecule has 0 saturated heterocycles. The van der Waals surface area contributed by atoms with Crippen LogP contribution in [0.25, 0.3) is 0 Å². The number of benzene rings is 3. The van der Waals surface area contributed by atoms with Gasteiger partial charge < -0.3 is 19.8 Å². The molecule has 0 bridgehead atoms. The van der Waals surface area contributed by atoms with Gasteiger partial charge in [0, 0.05) is 29.3 Å². The summed E-state index contributed by atoms with van der Waals surface area (Å²) < 4.78 is 5.17. The van der Waals surface area contributed by atoms with E-state index in [1.165, 1.54) is 37.8 Å². The van der Waals surface area contributed by atoms with Crippen LogP contribution < -0.4 is 9.64 Å². The Hall–Kier alpha value is -4.24. The fourth-order valence-corrected chi connectivity index (χ4v) is 4.65. The van der Waals surface area contributed by atoms with E-state index in [9.17, 15) is 19.8 Å². The Labute approximate surface area is 217 Å². The lowest BCUT2D eigenvalue weighted by molar-refractivity contribution is -0.119. The van der Waals surface area contributed by atoms with Crippen LogP contribution in [-0.4, -0.2) is 29.2 Å². The highest BCUT2D eigenvalue weighted by Crippen LogP contribution is 2.31. The molecular weight excluding hydrogens is 466 g/mol. The van der Waals surface area contributed by atoms with Crippen molar-refractivity contribution in [2.45, 2.75) is 45.1 Å². The van der Waals surface area contributed by atoms with E-state index in [1.54, 1.807) is 18.1 Å². The maximum absolute atomic E-state index is 13.3. The highest BCUT2D eigenvalue weighted by Gasteiger charge is 2.22. The third-order valence-corrected chi connectivity index (χ3v) is 6.80. The van der Waals surface area contributed by atoms with Crippen molar-refractivity contribution in [2.24, 2.45) is 5.92 Å². The molecule has 0 aliphatic heterocycles. The molecule has 0 unspecified atom stereocenters. The summed E-state index contributed by atoms with van der Waals surface area (Å²) in [6.45, 7) is 0.307. The molecule has 6 nitrogen and oxygen atoms in total. The van der Waals surface area contributed by atoms with Gasteiger partial charge in [-0.05, 0) is 66.4 Å². The molecule has 1 aliphatic rings. The number of carboxylic acid groups (broad SMARTS) is 1. The van der Waals surface area contributed by atoms with Crippen LogP contribution in [-0.2, 0) is 11.3 Å². The van der Waals surface area contributed by atoms with Gasteiger partial charge in [0.15, 0.2) is 0 Å². The fraction of sp³-hybridized carbons (Fsp3) is 0.290. The zero-order chi connectivity index (χ0) is 26.2. The summed E-state index contributed by atoms with van der Waals surface area (Å²) in [7, 11) is 1.63. The summed E-state index contributed by atoms with van der Waals surface area (Å²) in [6.07, 6.45) is 6.04. The van der Waals surface area contributed by atoms with Crippen LogP contribution in [0.5, 0.6) is 11.5 Å². The van der Waals surface area contributed by atoms with Crippen molar-refractivity contribution < 1.29 is 24.5 Å². The highest BCUT2D eigenvalue weighted by atomic mass is 16.5. The number of hydrogen-bond donors (Lipinski definition) is 2. The molecule has 3 aromatic carbocycles. The number of methoxy groups -OCH3 is 1. The number of aromatic hydroxyl groups is 1. The van der Waals surface area contributed by atoms with Crippen LogP contribution in [0.4, 0.5) is 5.69 Å². The van der Waals surface area contributed by atoms with Crippen LogP contribution in [0.1, 0.15) is 65.6 Å². The Balaban J connectivity index is 1.51. The average Bonchev–Trinajstić information content (AvgIpc) is 3.44. The van der Waals surface area contributed by atoms with E-state index in [2.05, 4.69) is 11.8 Å². The van der Waals surface area contributed by atoms with Crippen molar-refractivity contribution >= 4 is 17.6 Å². The minimum atomic E-state index is -1.21. The van der Waals surface area contributed by atoms with E-state index >= 15 is 0 Å². The normalized spacial score (nSPS) is 13.0. The predicted octanol–water partition coefficient (Wildman–Crippen LogP) is 6.00. The van der Waals surface area contributed by atoms with Crippen LogP contribution in [0.2, 0.25) is 0 Å². The molecule has 6 heteroatoms. The number of ether oxygens (including phenoxy) is 1. The predicted molar refractivity (Wildman–Crippen MR) is 143 cm³/mol. The number of carbonyl (C=O) groups excluding carboxylic acids is 1. The first kappa shape index (κ1) is 25.8. The molecule has 1 saturated carbocycles. The SMILES string of the molecule is COc1ccc(C#Cc2ccc(CN(C(=O)CCC3CCCC3)c3ccc(C(=O)O)c(O)c3)cc2)cc1. The van der Waals surface area contributed by atoms with Crippen LogP contribution in [0, 0.1) is 17.8 Å². The third-order valence-electron chi connectivity index (χ3n) is 6.80. The van der Waals surface area contributed by atoms with Gasteiger partial charge in [-0.15, -0.1) is 0 Å². The zero-order valence-electron chi connectivity index (χ0n) is 20.9. The smallest absolute Gasteiger partial charge is 0.339 e. The molecule has 2 N–H and O–H groups in total. The molecule has 1 amide bonds. The largest absolute Gasteiger partial charge is 0.507 e. The number of amides is 1. The van der Waals surface area contributed by atoms with Gasteiger partial charge >= 0.3 is 5.97 Å². The highest BCUT2D eigenvalue weighted by molar-refractivity contribution is 5.96. The van der Waals surface area contributed by atoms with Gasteiger partial charge in [-0.3, -0.25) is 4.79 Å². The number of nitrogens with zero attached hydrogens (tertiary/aromatic N) is 1. The minimum absolute atomic E-state index is 0.0438. The van der Waals surface area contributed by atoms with Gasteiger partial charge in [0.05, 0.1) is 13.7 Å². The van der Waals surface area contributed by atoms with Crippen LogP contribution >= 0.6 is 0 Å². The molecule has 0 radical (unpaired) electrons. The van der Waals surface area contributed by atoms with Crippen molar-refractivity contribution in [3.63, 3.8) is 0 Å². The second-order valence-corrected chi connectivity index (χ2v) is 9.35. The number of anilines is 1. The third kappa shape index (κ3) is 6.92. The molecule has 1 aliphatic carbocycles. The van der Waals surface area contributed by atoms with Gasteiger partial charge in [-0.25, -0.2) is 4.79 Å². The van der Waals surface area contributed by atoms with Crippen molar-refractivity contribution in [1.82, 2.24) is 0 Å². The van der Waals surface area contributed by atoms with Gasteiger partial charge in [0.2, 0.25) is 5.91 Å². The van der Waals surface area contributed by atoms with Gasteiger partial charge in [0.25, 0.3) is 0 Å². The van der Waals surface area contributed by atoms with Gasteiger partial charge in [-0.2, -0.15) is 0 Å². The first-order chi connectivity index (χ1) is 17.9. The van der Waals surface area contributed by atoms with Crippen molar-refractivity contribution in [3.05, 3.63) is 89.0 Å². The lowest BCUT2D eigenvalue weighted by atomic mass is 10.0. The summed E-state index contributed by atoms with van der Waals surface area (Å²) >= 11 is 0. The maximum atomic E-state index is 13.3. The molecule has 0 spiro atoms. The maximum Gasteiger partial charge on any atom is 0.339 e. The number of aromatic carboxylic acids is 1. The summed E-state index contributed by atoms with van der Waals surface area (Å²) in [5.74, 6) is 6.03.